The Morgan fingerprint density at radius 2 is 1.73 bits per heavy atom. The SMILES string of the molecule is C[C@@H]1CN(c2cc(F)c(-c3ccc4c(c3)OCCCO4)cc2NC(=O)C2C=NC(=O)C=C2C(F)(F)F)C[C@H](C)N1C. The summed E-state index contributed by atoms with van der Waals surface area (Å²) in [5.74, 6) is -3.60. The number of nitrogens with zero attached hydrogens (tertiary/aromatic N) is 3. The molecular formula is C29H30F4N4O4. The topological polar surface area (TPSA) is 83.5 Å². The predicted octanol–water partition coefficient (Wildman–Crippen LogP) is 4.84. The Bertz CT molecular complexity index is 1410. The zero-order valence-electron chi connectivity index (χ0n) is 22.8. The Kier molecular flexibility index (Phi) is 7.78. The van der Waals surface area contributed by atoms with Gasteiger partial charge in [0, 0.05) is 49.4 Å². The second kappa shape index (κ2) is 11.2. The van der Waals surface area contributed by atoms with Gasteiger partial charge in [-0.15, -0.1) is 0 Å². The molecule has 3 aliphatic rings. The van der Waals surface area contributed by atoms with Crippen molar-refractivity contribution in [2.75, 3.05) is 43.6 Å². The molecule has 218 valence electrons. The van der Waals surface area contributed by atoms with Crippen LogP contribution in [0, 0.1) is 11.7 Å². The van der Waals surface area contributed by atoms with Gasteiger partial charge in [-0.1, -0.05) is 6.07 Å². The normalized spacial score (nSPS) is 23.2. The van der Waals surface area contributed by atoms with Crippen LogP contribution in [-0.4, -0.2) is 74.5 Å². The van der Waals surface area contributed by atoms with E-state index in [4.69, 9.17) is 9.47 Å². The van der Waals surface area contributed by atoms with Crippen molar-refractivity contribution >= 4 is 29.4 Å². The number of carbonyl (C=O) groups is 2. The third-order valence-corrected chi connectivity index (χ3v) is 7.68. The maximum absolute atomic E-state index is 15.8. The third-order valence-electron chi connectivity index (χ3n) is 7.68. The van der Waals surface area contributed by atoms with Gasteiger partial charge in [-0.05, 0) is 50.7 Å². The van der Waals surface area contributed by atoms with Crippen molar-refractivity contribution in [1.29, 1.82) is 0 Å². The van der Waals surface area contributed by atoms with Crippen molar-refractivity contribution in [3.63, 3.8) is 0 Å². The first-order valence-corrected chi connectivity index (χ1v) is 13.3. The van der Waals surface area contributed by atoms with Crippen LogP contribution in [0.5, 0.6) is 11.5 Å². The number of alkyl halides is 3. The summed E-state index contributed by atoms with van der Waals surface area (Å²) in [5, 5.41) is 2.58. The van der Waals surface area contributed by atoms with Crippen LogP contribution >= 0.6 is 0 Å². The molecule has 41 heavy (non-hydrogen) atoms. The summed E-state index contributed by atoms with van der Waals surface area (Å²) in [5.41, 5.74) is -0.288. The van der Waals surface area contributed by atoms with Gasteiger partial charge in [0.15, 0.2) is 11.5 Å². The average molecular weight is 575 g/mol. The molecule has 2 aromatic rings. The fourth-order valence-electron chi connectivity index (χ4n) is 5.24. The molecule has 0 aromatic heterocycles. The number of benzene rings is 2. The van der Waals surface area contributed by atoms with Crippen molar-refractivity contribution in [2.45, 2.75) is 38.5 Å². The summed E-state index contributed by atoms with van der Waals surface area (Å²) in [7, 11) is 1.98. The maximum atomic E-state index is 15.8. The number of nitrogens with one attached hydrogen (secondary N) is 1. The van der Waals surface area contributed by atoms with Gasteiger partial charge in [-0.2, -0.15) is 13.2 Å². The summed E-state index contributed by atoms with van der Waals surface area (Å²) < 4.78 is 68.3. The van der Waals surface area contributed by atoms with Crippen LogP contribution in [0.1, 0.15) is 20.3 Å². The molecule has 1 saturated heterocycles. The minimum absolute atomic E-state index is 0.0861. The zero-order valence-corrected chi connectivity index (χ0v) is 22.8. The number of dihydropyridines is 1. The number of rotatable bonds is 4. The zero-order chi connectivity index (χ0) is 29.5. The molecular weight excluding hydrogens is 544 g/mol. The molecule has 12 heteroatoms. The highest BCUT2D eigenvalue weighted by atomic mass is 19.4. The van der Waals surface area contributed by atoms with E-state index in [0.717, 1.165) is 0 Å². The summed E-state index contributed by atoms with van der Waals surface area (Å²) in [6.07, 6.45) is -3.22. The molecule has 0 saturated carbocycles. The summed E-state index contributed by atoms with van der Waals surface area (Å²) in [6.45, 7) is 5.94. The van der Waals surface area contributed by atoms with Crippen LogP contribution in [0.3, 0.4) is 0 Å². The van der Waals surface area contributed by atoms with E-state index in [1.807, 2.05) is 25.8 Å². The number of carbonyl (C=O) groups excluding carboxylic acids is 2. The Hall–Kier alpha value is -3.93. The van der Waals surface area contributed by atoms with Crippen LogP contribution < -0.4 is 19.7 Å². The molecule has 5 rings (SSSR count). The first-order valence-electron chi connectivity index (χ1n) is 13.3. The molecule has 2 amide bonds. The van der Waals surface area contributed by atoms with E-state index < -0.39 is 35.3 Å². The molecule has 1 N–H and O–H groups in total. The van der Waals surface area contributed by atoms with E-state index in [2.05, 4.69) is 15.2 Å². The van der Waals surface area contributed by atoms with Crippen molar-refractivity contribution in [3.8, 4) is 22.6 Å². The highest BCUT2D eigenvalue weighted by Crippen LogP contribution is 2.40. The van der Waals surface area contributed by atoms with E-state index >= 15 is 4.39 Å². The Morgan fingerprint density at radius 3 is 2.41 bits per heavy atom. The second-order valence-electron chi connectivity index (χ2n) is 10.5. The van der Waals surface area contributed by atoms with Gasteiger partial charge >= 0.3 is 6.18 Å². The van der Waals surface area contributed by atoms with Crippen molar-refractivity contribution in [1.82, 2.24) is 4.90 Å². The van der Waals surface area contributed by atoms with Gasteiger partial charge < -0.3 is 19.7 Å². The van der Waals surface area contributed by atoms with E-state index in [1.54, 1.807) is 18.2 Å². The number of hydrogen-bond donors (Lipinski definition) is 1. The maximum Gasteiger partial charge on any atom is 0.414 e. The smallest absolute Gasteiger partial charge is 0.414 e. The molecule has 0 bridgehead atoms. The van der Waals surface area contributed by atoms with Gasteiger partial charge in [0.25, 0.3) is 5.91 Å². The highest BCUT2D eigenvalue weighted by Gasteiger charge is 2.43. The second-order valence-corrected chi connectivity index (χ2v) is 10.5. The fraction of sp³-hybridized carbons (Fsp3) is 0.414. The first-order chi connectivity index (χ1) is 19.4. The lowest BCUT2D eigenvalue weighted by Gasteiger charge is -2.44. The molecule has 1 fully saturated rings. The monoisotopic (exact) mass is 574 g/mol. The number of amides is 2. The lowest BCUT2D eigenvalue weighted by atomic mass is 9.95. The summed E-state index contributed by atoms with van der Waals surface area (Å²) >= 11 is 0. The minimum Gasteiger partial charge on any atom is -0.490 e. The number of piperazine rings is 1. The molecule has 8 nitrogen and oxygen atoms in total. The van der Waals surface area contributed by atoms with Gasteiger partial charge in [-0.25, -0.2) is 9.38 Å². The van der Waals surface area contributed by atoms with E-state index in [0.29, 0.717) is 67.8 Å². The molecule has 3 atom stereocenters. The molecule has 2 aromatic carbocycles. The lowest BCUT2D eigenvalue weighted by Crippen LogP contribution is -2.55. The average Bonchev–Trinajstić information content (AvgIpc) is 3.16. The van der Waals surface area contributed by atoms with Gasteiger partial charge in [0.2, 0.25) is 5.91 Å². The highest BCUT2D eigenvalue weighted by molar-refractivity contribution is 6.11. The van der Waals surface area contributed by atoms with Crippen LogP contribution in [0.2, 0.25) is 0 Å². The Morgan fingerprint density at radius 1 is 1.05 bits per heavy atom. The fourth-order valence-corrected chi connectivity index (χ4v) is 5.24. The number of anilines is 2. The lowest BCUT2D eigenvalue weighted by molar-refractivity contribution is -0.124. The number of hydrogen-bond acceptors (Lipinski definition) is 6. The van der Waals surface area contributed by atoms with Gasteiger partial charge in [0.05, 0.1) is 30.2 Å². The molecule has 3 heterocycles. The molecule has 1 unspecified atom stereocenters. The number of aliphatic imine (C=N–C) groups is 1. The van der Waals surface area contributed by atoms with Crippen LogP contribution in [0.15, 0.2) is 47.0 Å². The first kappa shape index (κ1) is 28.6. The van der Waals surface area contributed by atoms with Crippen LogP contribution in [-0.2, 0) is 9.59 Å². The van der Waals surface area contributed by atoms with Gasteiger partial charge in [-0.3, -0.25) is 14.5 Å². The molecule has 3 aliphatic heterocycles. The Labute approximate surface area is 234 Å². The number of ether oxygens (including phenoxy) is 2. The van der Waals surface area contributed by atoms with Crippen molar-refractivity contribution < 1.29 is 36.6 Å². The largest absolute Gasteiger partial charge is 0.490 e. The third kappa shape index (κ3) is 5.92. The number of fused-ring (bicyclic) bond motifs is 1. The van der Waals surface area contributed by atoms with E-state index in [-0.39, 0.29) is 23.3 Å². The predicted molar refractivity (Wildman–Crippen MR) is 146 cm³/mol. The summed E-state index contributed by atoms with van der Waals surface area (Å²) in [6, 6.07) is 7.83. The minimum atomic E-state index is -4.92. The number of halogens is 4. The van der Waals surface area contributed by atoms with Gasteiger partial charge in [0.1, 0.15) is 11.7 Å². The summed E-state index contributed by atoms with van der Waals surface area (Å²) in [4.78, 5) is 32.4. The quantitative estimate of drug-likeness (QED) is 0.527. The van der Waals surface area contributed by atoms with Crippen molar-refractivity contribution in [2.24, 2.45) is 10.9 Å². The Balaban J connectivity index is 1.56. The van der Waals surface area contributed by atoms with Crippen LogP contribution in [0.4, 0.5) is 28.9 Å². The van der Waals surface area contributed by atoms with Crippen molar-refractivity contribution in [3.05, 3.63) is 47.8 Å². The molecule has 0 radical (unpaired) electrons. The molecule has 0 spiro atoms. The molecule has 0 aliphatic carbocycles. The number of likely N-dealkylation sites (N-methyl/N-ethyl adjacent to an activating group) is 1. The van der Waals surface area contributed by atoms with E-state index in [9.17, 15) is 22.8 Å². The van der Waals surface area contributed by atoms with E-state index in [1.165, 1.54) is 12.1 Å². The standard InChI is InChI=1S/C29H30F4N4O4/c1-16-14-37(15-17(2)36(16)3)24-12-22(30)19(18-5-6-25-26(9-18)41-8-4-7-40-25)10-23(24)35-28(39)20-13-34-27(38)11-21(20)29(31,32)33/h5-6,9-13,16-17,20H,4,7-8,14-15H2,1-3H3,(H,35,39)/t16-,17+,20?. The van der Waals surface area contributed by atoms with Crippen LogP contribution in [0.25, 0.3) is 11.1 Å².